The Bertz CT molecular complexity index is 390. The van der Waals surface area contributed by atoms with E-state index in [4.69, 9.17) is 11.6 Å². The second-order valence-corrected chi connectivity index (χ2v) is 6.11. The molecular formula is C11H16ClN3OS. The third-order valence-electron chi connectivity index (χ3n) is 3.19. The quantitative estimate of drug-likeness (QED) is 0.851. The molecule has 17 heavy (non-hydrogen) atoms. The van der Waals surface area contributed by atoms with E-state index in [0.717, 1.165) is 17.9 Å². The predicted molar refractivity (Wildman–Crippen MR) is 68.5 cm³/mol. The Labute approximate surface area is 110 Å². The first-order valence-electron chi connectivity index (χ1n) is 5.91. The fourth-order valence-corrected chi connectivity index (χ4v) is 3.12. The molecule has 0 atom stereocenters. The van der Waals surface area contributed by atoms with Gasteiger partial charge < -0.3 is 4.90 Å². The molecule has 0 saturated heterocycles. The lowest BCUT2D eigenvalue weighted by Gasteiger charge is -2.26. The van der Waals surface area contributed by atoms with E-state index >= 15 is 0 Å². The molecule has 0 spiro atoms. The molecule has 94 valence electrons. The average Bonchev–Trinajstić information content (AvgIpc) is 2.76. The number of rotatable bonds is 3. The number of nitrogens with zero attached hydrogens (tertiary/aromatic N) is 3. The minimum Gasteiger partial charge on any atom is -0.339 e. The summed E-state index contributed by atoms with van der Waals surface area (Å²) in [6, 6.07) is 0. The molecule has 1 amide bonds. The maximum Gasteiger partial charge on any atom is 0.284 e. The normalized spacial score (nSPS) is 17.1. The van der Waals surface area contributed by atoms with E-state index in [1.807, 2.05) is 7.05 Å². The summed E-state index contributed by atoms with van der Waals surface area (Å²) in [6.45, 7) is 0.816. The number of hydrogen-bond donors (Lipinski definition) is 0. The van der Waals surface area contributed by atoms with E-state index in [2.05, 4.69) is 10.2 Å². The van der Waals surface area contributed by atoms with Crippen molar-refractivity contribution < 1.29 is 4.79 Å². The van der Waals surface area contributed by atoms with Crippen LogP contribution in [-0.2, 0) is 0 Å². The van der Waals surface area contributed by atoms with E-state index in [1.165, 1.54) is 32.1 Å². The number of amides is 1. The summed E-state index contributed by atoms with van der Waals surface area (Å²) >= 11 is 6.81. The molecule has 0 aliphatic heterocycles. The van der Waals surface area contributed by atoms with Gasteiger partial charge in [0.15, 0.2) is 0 Å². The molecule has 0 unspecified atom stereocenters. The molecule has 1 aliphatic rings. The zero-order chi connectivity index (χ0) is 12.3. The van der Waals surface area contributed by atoms with Crippen molar-refractivity contribution >= 4 is 28.8 Å². The SMILES string of the molecule is CN(CC1CCCCC1)C(=O)c1nnc(Cl)s1. The summed E-state index contributed by atoms with van der Waals surface area (Å²) in [5.41, 5.74) is 0. The van der Waals surface area contributed by atoms with Crippen molar-refractivity contribution in [3.8, 4) is 0 Å². The number of carbonyl (C=O) groups is 1. The molecule has 0 radical (unpaired) electrons. The fraction of sp³-hybridized carbons (Fsp3) is 0.727. The van der Waals surface area contributed by atoms with Gasteiger partial charge in [0.05, 0.1) is 0 Å². The molecule has 1 aliphatic carbocycles. The van der Waals surface area contributed by atoms with Gasteiger partial charge in [0.1, 0.15) is 0 Å². The third-order valence-corrected chi connectivity index (χ3v) is 4.19. The zero-order valence-electron chi connectivity index (χ0n) is 9.86. The standard InChI is InChI=1S/C11H16ClN3OS/c1-15(7-8-5-3-2-4-6-8)10(16)9-13-14-11(12)17-9/h8H,2-7H2,1H3. The highest BCUT2D eigenvalue weighted by atomic mass is 35.5. The molecule has 1 saturated carbocycles. The van der Waals surface area contributed by atoms with Crippen molar-refractivity contribution in [1.29, 1.82) is 0 Å². The van der Waals surface area contributed by atoms with Crippen molar-refractivity contribution in [2.75, 3.05) is 13.6 Å². The Balaban J connectivity index is 1.90. The third kappa shape index (κ3) is 3.39. The van der Waals surface area contributed by atoms with Crippen LogP contribution in [0, 0.1) is 5.92 Å². The van der Waals surface area contributed by atoms with E-state index in [-0.39, 0.29) is 5.91 Å². The van der Waals surface area contributed by atoms with Crippen LogP contribution in [0.2, 0.25) is 4.47 Å². The zero-order valence-corrected chi connectivity index (χ0v) is 11.4. The van der Waals surface area contributed by atoms with Gasteiger partial charge in [-0.2, -0.15) is 0 Å². The van der Waals surface area contributed by atoms with Gasteiger partial charge in [-0.05, 0) is 30.4 Å². The number of halogens is 1. The highest BCUT2D eigenvalue weighted by molar-refractivity contribution is 7.17. The Morgan fingerprint density at radius 1 is 1.41 bits per heavy atom. The molecule has 0 N–H and O–H groups in total. The molecule has 1 aromatic rings. The summed E-state index contributed by atoms with van der Waals surface area (Å²) in [5, 5.41) is 7.81. The minimum absolute atomic E-state index is 0.0695. The molecule has 1 fully saturated rings. The number of carbonyl (C=O) groups excluding carboxylic acids is 1. The van der Waals surface area contributed by atoms with Gasteiger partial charge in [0.25, 0.3) is 5.91 Å². The molecule has 6 heteroatoms. The van der Waals surface area contributed by atoms with Crippen molar-refractivity contribution in [2.24, 2.45) is 5.92 Å². The fourth-order valence-electron chi connectivity index (χ4n) is 2.29. The maximum atomic E-state index is 12.0. The minimum atomic E-state index is -0.0695. The van der Waals surface area contributed by atoms with Crippen molar-refractivity contribution in [3.63, 3.8) is 0 Å². The second kappa shape index (κ2) is 5.78. The monoisotopic (exact) mass is 273 g/mol. The average molecular weight is 274 g/mol. The Hall–Kier alpha value is -0.680. The van der Waals surface area contributed by atoms with Crippen LogP contribution in [0.3, 0.4) is 0 Å². The van der Waals surface area contributed by atoms with Crippen molar-refractivity contribution in [1.82, 2.24) is 15.1 Å². The Morgan fingerprint density at radius 2 is 2.12 bits per heavy atom. The van der Waals surface area contributed by atoms with Crippen LogP contribution < -0.4 is 0 Å². The van der Waals surface area contributed by atoms with Gasteiger partial charge in [-0.25, -0.2) is 0 Å². The van der Waals surface area contributed by atoms with E-state index in [0.29, 0.717) is 15.4 Å². The highest BCUT2D eigenvalue weighted by Gasteiger charge is 2.21. The summed E-state index contributed by atoms with van der Waals surface area (Å²) in [5.74, 6) is 0.570. The largest absolute Gasteiger partial charge is 0.339 e. The first kappa shape index (κ1) is 12.8. The van der Waals surface area contributed by atoms with Crippen molar-refractivity contribution in [3.05, 3.63) is 9.47 Å². The van der Waals surface area contributed by atoms with E-state index in [9.17, 15) is 4.79 Å². The molecule has 2 rings (SSSR count). The lowest BCUT2D eigenvalue weighted by molar-refractivity contribution is 0.0759. The van der Waals surface area contributed by atoms with E-state index < -0.39 is 0 Å². The lowest BCUT2D eigenvalue weighted by Crippen LogP contribution is -2.32. The first-order valence-corrected chi connectivity index (χ1v) is 7.10. The van der Waals surface area contributed by atoms with Gasteiger partial charge in [-0.1, -0.05) is 30.6 Å². The Kier molecular flexibility index (Phi) is 4.34. The molecule has 0 bridgehead atoms. The van der Waals surface area contributed by atoms with Crippen LogP contribution in [0.25, 0.3) is 0 Å². The summed E-state index contributed by atoms with van der Waals surface area (Å²) in [7, 11) is 1.83. The van der Waals surface area contributed by atoms with Crippen LogP contribution in [-0.4, -0.2) is 34.6 Å². The smallest absolute Gasteiger partial charge is 0.284 e. The highest BCUT2D eigenvalue weighted by Crippen LogP contribution is 2.25. The first-order chi connectivity index (χ1) is 8.16. The van der Waals surface area contributed by atoms with Gasteiger partial charge in [-0.3, -0.25) is 4.79 Å². The second-order valence-electron chi connectivity index (χ2n) is 4.55. The topological polar surface area (TPSA) is 46.1 Å². The summed E-state index contributed by atoms with van der Waals surface area (Å²) in [6.07, 6.45) is 6.37. The van der Waals surface area contributed by atoms with Crippen LogP contribution in [0.1, 0.15) is 41.9 Å². The van der Waals surface area contributed by atoms with E-state index in [1.54, 1.807) is 4.90 Å². The molecule has 4 nitrogen and oxygen atoms in total. The predicted octanol–water partition coefficient (Wildman–Crippen LogP) is 2.84. The van der Waals surface area contributed by atoms with Crippen LogP contribution >= 0.6 is 22.9 Å². The summed E-state index contributed by atoms with van der Waals surface area (Å²) < 4.78 is 0.319. The van der Waals surface area contributed by atoms with Crippen LogP contribution in [0.4, 0.5) is 0 Å². The van der Waals surface area contributed by atoms with Gasteiger partial charge in [-0.15, -0.1) is 10.2 Å². The van der Waals surface area contributed by atoms with Crippen LogP contribution in [0.15, 0.2) is 0 Å². The van der Waals surface area contributed by atoms with Crippen LogP contribution in [0.5, 0.6) is 0 Å². The maximum absolute atomic E-state index is 12.0. The lowest BCUT2D eigenvalue weighted by atomic mass is 9.89. The summed E-state index contributed by atoms with van der Waals surface area (Å²) in [4.78, 5) is 13.7. The van der Waals surface area contributed by atoms with Gasteiger partial charge >= 0.3 is 0 Å². The Morgan fingerprint density at radius 3 is 2.71 bits per heavy atom. The van der Waals surface area contributed by atoms with Crippen molar-refractivity contribution in [2.45, 2.75) is 32.1 Å². The van der Waals surface area contributed by atoms with Gasteiger partial charge in [0.2, 0.25) is 9.47 Å². The number of hydrogen-bond acceptors (Lipinski definition) is 4. The molecule has 0 aromatic carbocycles. The molecular weight excluding hydrogens is 258 g/mol. The van der Waals surface area contributed by atoms with Gasteiger partial charge in [0, 0.05) is 13.6 Å². The molecule has 1 heterocycles. The molecule has 1 aromatic heterocycles. The number of aromatic nitrogens is 2.